The SMILES string of the molecule is CC(CC1C2CC(C1C(C(=O)OCOCC1C3CCC(C3)C1C)C(C)C(=O)O)C1C3CCC(C3)C21)c1ccccc1. The molecule has 1 N–H and O–H groups in total. The Hall–Kier alpha value is -1.88. The molecule has 1 aromatic rings. The molecule has 0 amide bonds. The summed E-state index contributed by atoms with van der Waals surface area (Å²) < 4.78 is 11.9. The van der Waals surface area contributed by atoms with Crippen molar-refractivity contribution in [2.24, 2.45) is 82.9 Å². The molecule has 1 aromatic carbocycles. The van der Waals surface area contributed by atoms with Gasteiger partial charge in [-0.2, -0.15) is 0 Å². The number of carbonyl (C=O) groups is 2. The van der Waals surface area contributed by atoms with Gasteiger partial charge in [0, 0.05) is 0 Å². The predicted molar refractivity (Wildman–Crippen MR) is 157 cm³/mol. The Kier molecular flexibility index (Phi) is 7.49. The van der Waals surface area contributed by atoms with Crippen LogP contribution in [0.25, 0.3) is 0 Å². The van der Waals surface area contributed by atoms with Crippen LogP contribution >= 0.6 is 0 Å². The molecule has 6 bridgehead atoms. The second-order valence-electron chi connectivity index (χ2n) is 15.3. The van der Waals surface area contributed by atoms with Crippen LogP contribution in [0.3, 0.4) is 0 Å². The number of hydrogen-bond acceptors (Lipinski definition) is 4. The molecule has 0 aliphatic heterocycles. The van der Waals surface area contributed by atoms with Gasteiger partial charge in [0.15, 0.2) is 6.79 Å². The fourth-order valence-corrected chi connectivity index (χ4v) is 12.2. The lowest BCUT2D eigenvalue weighted by atomic mass is 9.57. The summed E-state index contributed by atoms with van der Waals surface area (Å²) >= 11 is 0. The van der Waals surface area contributed by atoms with E-state index in [0.29, 0.717) is 48.0 Å². The molecule has 6 aliphatic carbocycles. The first-order valence-corrected chi connectivity index (χ1v) is 16.9. The van der Waals surface area contributed by atoms with E-state index >= 15 is 0 Å². The second-order valence-corrected chi connectivity index (χ2v) is 15.3. The van der Waals surface area contributed by atoms with Gasteiger partial charge in [0.25, 0.3) is 0 Å². The van der Waals surface area contributed by atoms with E-state index in [9.17, 15) is 14.7 Å². The molecule has 5 nitrogen and oxygen atoms in total. The number of carboxylic acids is 1. The van der Waals surface area contributed by atoms with E-state index < -0.39 is 17.8 Å². The fourth-order valence-electron chi connectivity index (χ4n) is 12.2. The average Bonchev–Trinajstić information content (AvgIpc) is 3.81. The summed E-state index contributed by atoms with van der Waals surface area (Å²) in [4.78, 5) is 26.4. The Bertz CT molecular complexity index is 1120. The molecule has 6 saturated carbocycles. The molecular formula is C36H50O5. The number of hydrogen-bond donors (Lipinski definition) is 1. The highest BCUT2D eigenvalue weighted by atomic mass is 16.7. The van der Waals surface area contributed by atoms with Crippen molar-refractivity contribution in [2.75, 3.05) is 13.4 Å². The largest absolute Gasteiger partial charge is 0.481 e. The van der Waals surface area contributed by atoms with Crippen LogP contribution in [0.4, 0.5) is 0 Å². The van der Waals surface area contributed by atoms with Gasteiger partial charge in [-0.1, -0.05) is 51.1 Å². The van der Waals surface area contributed by atoms with Crippen molar-refractivity contribution in [3.05, 3.63) is 35.9 Å². The zero-order valence-electron chi connectivity index (χ0n) is 25.2. The van der Waals surface area contributed by atoms with Gasteiger partial charge >= 0.3 is 11.9 Å². The first-order chi connectivity index (χ1) is 19.8. The monoisotopic (exact) mass is 562 g/mol. The fraction of sp³-hybridized carbons (Fsp3) is 0.778. The lowest BCUT2D eigenvalue weighted by molar-refractivity contribution is -0.174. The Morgan fingerprint density at radius 3 is 2.22 bits per heavy atom. The number of carbonyl (C=O) groups excluding carboxylic acids is 1. The number of esters is 1. The first kappa shape index (κ1) is 27.9. The van der Waals surface area contributed by atoms with E-state index in [1.165, 1.54) is 50.5 Å². The van der Waals surface area contributed by atoms with Gasteiger partial charge in [0.05, 0.1) is 18.4 Å². The lowest BCUT2D eigenvalue weighted by Crippen LogP contribution is -2.47. The first-order valence-electron chi connectivity index (χ1n) is 16.9. The molecule has 6 aliphatic rings. The van der Waals surface area contributed by atoms with Crippen LogP contribution in [0.5, 0.6) is 0 Å². The summed E-state index contributed by atoms with van der Waals surface area (Å²) in [6, 6.07) is 10.7. The van der Waals surface area contributed by atoms with Crippen molar-refractivity contribution in [1.82, 2.24) is 0 Å². The highest BCUT2D eigenvalue weighted by molar-refractivity contribution is 5.81. The van der Waals surface area contributed by atoms with Crippen LogP contribution in [0.15, 0.2) is 30.3 Å². The van der Waals surface area contributed by atoms with Crippen LogP contribution in [0.2, 0.25) is 0 Å². The lowest BCUT2D eigenvalue weighted by Gasteiger charge is -2.47. The highest BCUT2D eigenvalue weighted by Crippen LogP contribution is 2.72. The molecule has 7 rings (SSSR count). The number of rotatable bonds is 11. The minimum absolute atomic E-state index is 0.0507. The Morgan fingerprint density at radius 2 is 1.54 bits per heavy atom. The predicted octanol–water partition coefficient (Wildman–Crippen LogP) is 7.26. The van der Waals surface area contributed by atoms with Crippen molar-refractivity contribution in [3.8, 4) is 0 Å². The summed E-state index contributed by atoms with van der Waals surface area (Å²) in [6.45, 7) is 7.00. The van der Waals surface area contributed by atoms with Crippen molar-refractivity contribution in [2.45, 2.75) is 78.1 Å². The molecule has 6 fully saturated rings. The summed E-state index contributed by atoms with van der Waals surface area (Å²) in [5.74, 6) is 5.21. The van der Waals surface area contributed by atoms with E-state index in [1.807, 2.05) is 0 Å². The maximum atomic E-state index is 13.9. The van der Waals surface area contributed by atoms with E-state index in [4.69, 9.17) is 9.47 Å². The van der Waals surface area contributed by atoms with Gasteiger partial charge in [-0.3, -0.25) is 9.59 Å². The van der Waals surface area contributed by atoms with E-state index in [2.05, 4.69) is 44.2 Å². The molecule has 0 saturated heterocycles. The van der Waals surface area contributed by atoms with Gasteiger partial charge in [0.2, 0.25) is 0 Å². The van der Waals surface area contributed by atoms with Gasteiger partial charge in [-0.05, 0) is 134 Å². The maximum Gasteiger partial charge on any atom is 0.312 e. The zero-order valence-corrected chi connectivity index (χ0v) is 25.2. The van der Waals surface area contributed by atoms with Gasteiger partial charge < -0.3 is 14.6 Å². The van der Waals surface area contributed by atoms with E-state index in [-0.39, 0.29) is 18.7 Å². The molecule has 15 atom stereocenters. The number of fused-ring (bicyclic) bond motifs is 11. The third-order valence-corrected chi connectivity index (χ3v) is 13.9. The minimum atomic E-state index is -0.884. The Labute approximate surface area is 246 Å². The second kappa shape index (κ2) is 11.0. The van der Waals surface area contributed by atoms with Gasteiger partial charge in [0.1, 0.15) is 0 Å². The minimum Gasteiger partial charge on any atom is -0.481 e. The zero-order chi connectivity index (χ0) is 28.4. The van der Waals surface area contributed by atoms with Crippen LogP contribution in [0, 0.1) is 82.9 Å². The van der Waals surface area contributed by atoms with Crippen LogP contribution in [0.1, 0.15) is 83.6 Å². The molecule has 0 heterocycles. The van der Waals surface area contributed by atoms with Crippen molar-refractivity contribution >= 4 is 11.9 Å². The molecular weight excluding hydrogens is 512 g/mol. The molecule has 224 valence electrons. The van der Waals surface area contributed by atoms with Crippen LogP contribution in [-0.4, -0.2) is 30.4 Å². The third kappa shape index (κ3) is 4.68. The molecule has 0 spiro atoms. The number of ether oxygens (including phenoxy) is 2. The molecule has 0 radical (unpaired) electrons. The van der Waals surface area contributed by atoms with Gasteiger partial charge in [-0.25, -0.2) is 0 Å². The summed E-state index contributed by atoms with van der Waals surface area (Å²) in [6.07, 6.45) is 10.2. The van der Waals surface area contributed by atoms with Gasteiger partial charge in [-0.15, -0.1) is 0 Å². The van der Waals surface area contributed by atoms with E-state index in [0.717, 1.165) is 36.0 Å². The molecule has 41 heavy (non-hydrogen) atoms. The number of carboxylic acid groups (broad SMARTS) is 1. The van der Waals surface area contributed by atoms with Crippen molar-refractivity contribution in [3.63, 3.8) is 0 Å². The smallest absolute Gasteiger partial charge is 0.312 e. The maximum absolute atomic E-state index is 13.9. The molecule has 15 unspecified atom stereocenters. The normalized spacial score (nSPS) is 43.7. The Morgan fingerprint density at radius 1 is 0.878 bits per heavy atom. The van der Waals surface area contributed by atoms with Crippen LogP contribution in [-0.2, 0) is 19.1 Å². The highest BCUT2D eigenvalue weighted by Gasteiger charge is 2.67. The number of benzene rings is 1. The molecule has 5 heteroatoms. The van der Waals surface area contributed by atoms with E-state index in [1.54, 1.807) is 6.92 Å². The molecule has 0 aromatic heterocycles. The Balaban J connectivity index is 1.10. The quantitative estimate of drug-likeness (QED) is 0.133. The van der Waals surface area contributed by atoms with Crippen LogP contribution < -0.4 is 0 Å². The topological polar surface area (TPSA) is 72.8 Å². The van der Waals surface area contributed by atoms with Crippen molar-refractivity contribution in [1.29, 1.82) is 0 Å². The number of aliphatic carboxylic acids is 1. The average molecular weight is 563 g/mol. The summed E-state index contributed by atoms with van der Waals surface area (Å²) in [5, 5.41) is 10.2. The standard InChI is InChI=1S/C36H50O5/c1-19(22-7-5-4-6-8-22)13-27-28-16-29(33-26-12-11-25(15-26)32(28)33)34(27)31(21(3)35(37)38)36(39)41-18-40-17-30-20(2)23-9-10-24(30)14-23/h4-8,19-21,23-34H,9-18H2,1-3H3,(H,37,38). The summed E-state index contributed by atoms with van der Waals surface area (Å²) in [7, 11) is 0. The summed E-state index contributed by atoms with van der Waals surface area (Å²) in [5.41, 5.74) is 1.34. The third-order valence-electron chi connectivity index (χ3n) is 13.9. The van der Waals surface area contributed by atoms with Crippen molar-refractivity contribution < 1.29 is 24.2 Å².